The first-order valence-electron chi connectivity index (χ1n) is 7.60. The number of likely N-dealkylation sites (tertiary alicyclic amines) is 1. The van der Waals surface area contributed by atoms with Gasteiger partial charge in [0.2, 0.25) is 0 Å². The maximum atomic E-state index is 6.14. The van der Waals surface area contributed by atoms with Gasteiger partial charge in [-0.1, -0.05) is 11.6 Å². The Labute approximate surface area is 126 Å². The highest BCUT2D eigenvalue weighted by Crippen LogP contribution is 2.31. The molecule has 2 fully saturated rings. The fraction of sp³-hybridized carbons (Fsp3) is 0.625. The summed E-state index contributed by atoms with van der Waals surface area (Å²) in [5.74, 6) is 1.77. The number of nitrogens with two attached hydrogens (primary N) is 1. The zero-order chi connectivity index (χ0) is 13.9. The summed E-state index contributed by atoms with van der Waals surface area (Å²) in [6, 6.07) is 6.34. The Bertz CT molecular complexity index is 454. The van der Waals surface area contributed by atoms with E-state index in [0.29, 0.717) is 6.04 Å². The molecule has 3 nitrogen and oxygen atoms in total. The second kappa shape index (κ2) is 6.33. The van der Waals surface area contributed by atoms with Crippen molar-refractivity contribution in [2.24, 2.45) is 11.7 Å². The fourth-order valence-corrected chi connectivity index (χ4v) is 2.85. The molecule has 1 heterocycles. The van der Waals surface area contributed by atoms with Crippen molar-refractivity contribution in [1.82, 2.24) is 4.90 Å². The predicted octanol–water partition coefficient (Wildman–Crippen LogP) is 3.05. The average Bonchev–Trinajstić information content (AvgIpc) is 3.25. The van der Waals surface area contributed by atoms with Gasteiger partial charge in [0.25, 0.3) is 0 Å². The second-order valence-corrected chi connectivity index (χ2v) is 6.56. The largest absolute Gasteiger partial charge is 0.493 e. The summed E-state index contributed by atoms with van der Waals surface area (Å²) in [7, 11) is 0. The van der Waals surface area contributed by atoms with Gasteiger partial charge < -0.3 is 10.5 Å². The second-order valence-electron chi connectivity index (χ2n) is 6.12. The molecule has 2 aliphatic rings. The van der Waals surface area contributed by atoms with Crippen molar-refractivity contribution in [2.75, 3.05) is 19.7 Å². The number of nitrogens with zero attached hydrogens (tertiary/aromatic N) is 1. The molecular weight excluding hydrogens is 272 g/mol. The molecule has 110 valence electrons. The van der Waals surface area contributed by atoms with Gasteiger partial charge in [0, 0.05) is 23.2 Å². The number of halogens is 1. The van der Waals surface area contributed by atoms with Crippen molar-refractivity contribution in [1.29, 1.82) is 0 Å². The Kier molecular flexibility index (Phi) is 4.49. The van der Waals surface area contributed by atoms with E-state index < -0.39 is 0 Å². The van der Waals surface area contributed by atoms with Gasteiger partial charge in [0.1, 0.15) is 5.75 Å². The van der Waals surface area contributed by atoms with Crippen LogP contribution in [0.2, 0.25) is 5.02 Å². The smallest absolute Gasteiger partial charge is 0.123 e. The first kappa shape index (κ1) is 14.2. The lowest BCUT2D eigenvalue weighted by Gasteiger charge is -2.30. The number of ether oxygens (including phenoxy) is 1. The number of rotatable bonds is 5. The summed E-state index contributed by atoms with van der Waals surface area (Å²) in [6.07, 6.45) is 4.79. The van der Waals surface area contributed by atoms with E-state index in [1.165, 1.54) is 18.4 Å². The van der Waals surface area contributed by atoms with Crippen LogP contribution in [0, 0.1) is 5.92 Å². The third-order valence-electron chi connectivity index (χ3n) is 4.22. The SMILES string of the molecule is NC1CCN(Cc2cc(Cl)ccc2OCC2CC2)CC1. The zero-order valence-electron chi connectivity index (χ0n) is 11.9. The topological polar surface area (TPSA) is 38.5 Å². The van der Waals surface area contributed by atoms with Gasteiger partial charge in [0.15, 0.2) is 0 Å². The minimum Gasteiger partial charge on any atom is -0.493 e. The van der Waals surface area contributed by atoms with Gasteiger partial charge in [-0.3, -0.25) is 4.90 Å². The van der Waals surface area contributed by atoms with Crippen molar-refractivity contribution in [3.63, 3.8) is 0 Å². The lowest BCUT2D eigenvalue weighted by atomic mass is 10.1. The first-order valence-corrected chi connectivity index (χ1v) is 7.97. The minimum atomic E-state index is 0.371. The van der Waals surface area contributed by atoms with Crippen molar-refractivity contribution in [3.05, 3.63) is 28.8 Å². The average molecular weight is 295 g/mol. The Morgan fingerprint density at radius 3 is 2.65 bits per heavy atom. The van der Waals surface area contributed by atoms with Crippen LogP contribution in [0.1, 0.15) is 31.2 Å². The summed E-state index contributed by atoms with van der Waals surface area (Å²) >= 11 is 6.14. The zero-order valence-corrected chi connectivity index (χ0v) is 12.6. The lowest BCUT2D eigenvalue weighted by Crippen LogP contribution is -2.39. The molecule has 2 N–H and O–H groups in total. The van der Waals surface area contributed by atoms with Crippen LogP contribution in [-0.2, 0) is 6.54 Å². The van der Waals surface area contributed by atoms with E-state index in [-0.39, 0.29) is 0 Å². The van der Waals surface area contributed by atoms with Crippen molar-refractivity contribution < 1.29 is 4.74 Å². The Balaban J connectivity index is 1.64. The van der Waals surface area contributed by atoms with Crippen LogP contribution in [0.15, 0.2) is 18.2 Å². The van der Waals surface area contributed by atoms with E-state index in [2.05, 4.69) is 4.90 Å². The highest BCUT2D eigenvalue weighted by atomic mass is 35.5. The van der Waals surface area contributed by atoms with E-state index in [1.807, 2.05) is 18.2 Å². The number of piperidine rings is 1. The molecule has 1 saturated heterocycles. The van der Waals surface area contributed by atoms with Gasteiger partial charge in [-0.15, -0.1) is 0 Å². The Morgan fingerprint density at radius 2 is 1.95 bits per heavy atom. The van der Waals surface area contributed by atoms with Gasteiger partial charge in [-0.2, -0.15) is 0 Å². The van der Waals surface area contributed by atoms with Gasteiger partial charge in [-0.05, 0) is 62.9 Å². The van der Waals surface area contributed by atoms with Crippen LogP contribution in [-0.4, -0.2) is 30.6 Å². The maximum Gasteiger partial charge on any atom is 0.123 e. The Hall–Kier alpha value is -0.770. The molecular formula is C16H23ClN2O. The van der Waals surface area contributed by atoms with Crippen LogP contribution in [0.5, 0.6) is 5.75 Å². The Morgan fingerprint density at radius 1 is 1.20 bits per heavy atom. The summed E-state index contributed by atoms with van der Waals surface area (Å²) in [4.78, 5) is 2.44. The van der Waals surface area contributed by atoms with Crippen molar-refractivity contribution >= 4 is 11.6 Å². The highest BCUT2D eigenvalue weighted by molar-refractivity contribution is 6.30. The molecule has 0 atom stereocenters. The standard InChI is InChI=1S/C16H23ClN2O/c17-14-3-4-16(20-11-12-1-2-12)13(9-14)10-19-7-5-15(18)6-8-19/h3-4,9,12,15H,1-2,5-8,10-11,18H2. The van der Waals surface area contributed by atoms with Crippen LogP contribution in [0.25, 0.3) is 0 Å². The number of benzene rings is 1. The van der Waals surface area contributed by atoms with Crippen molar-refractivity contribution in [3.8, 4) is 5.75 Å². The predicted molar refractivity (Wildman–Crippen MR) is 82.2 cm³/mol. The molecule has 20 heavy (non-hydrogen) atoms. The third-order valence-corrected chi connectivity index (χ3v) is 4.46. The normalized spacial score (nSPS) is 21.1. The van der Waals surface area contributed by atoms with E-state index in [0.717, 1.165) is 55.8 Å². The molecule has 0 bridgehead atoms. The van der Waals surface area contributed by atoms with E-state index in [1.54, 1.807) is 0 Å². The number of hydrogen-bond donors (Lipinski definition) is 1. The van der Waals surface area contributed by atoms with Crippen molar-refractivity contribution in [2.45, 2.75) is 38.3 Å². The monoisotopic (exact) mass is 294 g/mol. The molecule has 1 aliphatic heterocycles. The van der Waals surface area contributed by atoms with Gasteiger partial charge in [0.05, 0.1) is 6.61 Å². The highest BCUT2D eigenvalue weighted by Gasteiger charge is 2.23. The maximum absolute atomic E-state index is 6.14. The third kappa shape index (κ3) is 3.87. The summed E-state index contributed by atoms with van der Waals surface area (Å²) in [5.41, 5.74) is 7.16. The van der Waals surface area contributed by atoms with E-state index in [4.69, 9.17) is 22.1 Å². The quantitative estimate of drug-likeness (QED) is 0.907. The molecule has 0 unspecified atom stereocenters. The number of hydrogen-bond acceptors (Lipinski definition) is 3. The molecule has 4 heteroatoms. The van der Waals surface area contributed by atoms with Gasteiger partial charge in [-0.25, -0.2) is 0 Å². The fourth-order valence-electron chi connectivity index (χ4n) is 2.66. The van der Waals surface area contributed by atoms with Crippen LogP contribution < -0.4 is 10.5 Å². The summed E-state index contributed by atoms with van der Waals surface area (Å²) in [6.45, 7) is 3.89. The van der Waals surface area contributed by atoms with Crippen LogP contribution in [0.4, 0.5) is 0 Å². The molecule has 1 aliphatic carbocycles. The molecule has 3 rings (SSSR count). The minimum absolute atomic E-state index is 0.371. The summed E-state index contributed by atoms with van der Waals surface area (Å²) < 4.78 is 5.97. The van der Waals surface area contributed by atoms with Crippen LogP contribution in [0.3, 0.4) is 0 Å². The van der Waals surface area contributed by atoms with Crippen LogP contribution >= 0.6 is 11.6 Å². The lowest BCUT2D eigenvalue weighted by molar-refractivity contribution is 0.201. The molecule has 1 aromatic carbocycles. The first-order chi connectivity index (χ1) is 9.70. The molecule has 1 aromatic rings. The van der Waals surface area contributed by atoms with Gasteiger partial charge >= 0.3 is 0 Å². The molecule has 0 amide bonds. The molecule has 0 spiro atoms. The molecule has 0 radical (unpaired) electrons. The van der Waals surface area contributed by atoms with E-state index >= 15 is 0 Å². The van der Waals surface area contributed by atoms with E-state index in [9.17, 15) is 0 Å². The molecule has 1 saturated carbocycles. The molecule has 0 aromatic heterocycles. The summed E-state index contributed by atoms with van der Waals surface area (Å²) in [5, 5.41) is 0.785.